The number of ether oxygens (including phenoxy) is 1. The lowest BCUT2D eigenvalue weighted by Crippen LogP contribution is -2.30. The van der Waals surface area contributed by atoms with Crippen molar-refractivity contribution in [2.24, 2.45) is 0 Å². The number of carbonyl (C=O) groups is 1. The van der Waals surface area contributed by atoms with Crippen molar-refractivity contribution < 1.29 is 28.5 Å². The van der Waals surface area contributed by atoms with Crippen LogP contribution in [0.25, 0.3) is 0 Å². The molecule has 94 valence electrons. The van der Waals surface area contributed by atoms with Crippen LogP contribution in [0, 0.1) is 11.6 Å². The Kier molecular flexibility index (Phi) is 3.97. The quantitative estimate of drug-likeness (QED) is 0.521. The Hall–Kier alpha value is -1.73. The minimum absolute atomic E-state index is 0.405. The Balaban J connectivity index is 3.12. The lowest BCUT2D eigenvalue weighted by atomic mass is 10.0. The van der Waals surface area contributed by atoms with Gasteiger partial charge in [-0.3, -0.25) is 0 Å². The summed E-state index contributed by atoms with van der Waals surface area (Å²) in [6.45, 7) is 0. The number of esters is 1. The average molecular weight is 247 g/mol. The molecular weight excluding hydrogens is 236 g/mol. The van der Waals surface area contributed by atoms with Gasteiger partial charge in [-0.2, -0.15) is 0 Å². The van der Waals surface area contributed by atoms with Crippen molar-refractivity contribution in [2.45, 2.75) is 12.2 Å². The van der Waals surface area contributed by atoms with Crippen LogP contribution in [-0.4, -0.2) is 29.4 Å². The molecule has 0 aromatic heterocycles. The molecule has 2 atom stereocenters. The molecule has 2 unspecified atom stereocenters. The maximum Gasteiger partial charge on any atom is 0.337 e. The predicted octanol–water partition coefficient (Wildman–Crippen LogP) is 0.114. The molecule has 4 N–H and O–H groups in total. The molecule has 17 heavy (non-hydrogen) atoms. The summed E-state index contributed by atoms with van der Waals surface area (Å²) in [6.07, 6.45) is -3.93. The number of aliphatic hydroxyl groups is 2. The van der Waals surface area contributed by atoms with E-state index in [1.54, 1.807) is 0 Å². The third-order valence-electron chi connectivity index (χ3n) is 2.16. The molecule has 0 fully saturated rings. The molecule has 0 aliphatic carbocycles. The Bertz CT molecular complexity index is 415. The first kappa shape index (κ1) is 13.3. The van der Waals surface area contributed by atoms with Gasteiger partial charge in [0.25, 0.3) is 0 Å². The van der Waals surface area contributed by atoms with Gasteiger partial charge in [-0.25, -0.2) is 13.6 Å². The molecular formula is C10H11F2NO4. The van der Waals surface area contributed by atoms with E-state index in [1.807, 2.05) is 0 Å². The summed E-state index contributed by atoms with van der Waals surface area (Å²) in [6, 6.07) is 1.25. The Labute approximate surface area is 95.4 Å². The Morgan fingerprint density at radius 3 is 2.47 bits per heavy atom. The van der Waals surface area contributed by atoms with Crippen LogP contribution in [0.5, 0.6) is 0 Å². The monoisotopic (exact) mass is 247 g/mol. The molecule has 1 aromatic rings. The minimum atomic E-state index is -2.00. The number of hydrogen-bond donors (Lipinski definition) is 3. The Morgan fingerprint density at radius 1 is 1.41 bits per heavy atom. The highest BCUT2D eigenvalue weighted by atomic mass is 19.1. The van der Waals surface area contributed by atoms with Gasteiger partial charge in [-0.1, -0.05) is 0 Å². The van der Waals surface area contributed by atoms with E-state index in [4.69, 9.17) is 5.73 Å². The second-order valence-electron chi connectivity index (χ2n) is 3.30. The van der Waals surface area contributed by atoms with Crippen LogP contribution in [0.4, 0.5) is 14.5 Å². The normalized spacial score (nSPS) is 14.2. The van der Waals surface area contributed by atoms with Crippen LogP contribution in [0.1, 0.15) is 11.7 Å². The van der Waals surface area contributed by atoms with Gasteiger partial charge in [0.2, 0.25) is 0 Å². The fraction of sp³-hybridized carbons (Fsp3) is 0.300. The van der Waals surface area contributed by atoms with Gasteiger partial charge in [0.05, 0.1) is 7.11 Å². The first-order valence-electron chi connectivity index (χ1n) is 4.56. The topological polar surface area (TPSA) is 92.8 Å². The molecule has 0 saturated carbocycles. The second-order valence-corrected chi connectivity index (χ2v) is 3.30. The number of nitrogens with two attached hydrogens (primary N) is 1. The van der Waals surface area contributed by atoms with E-state index in [0.717, 1.165) is 13.2 Å². The molecule has 5 nitrogen and oxygen atoms in total. The fourth-order valence-corrected chi connectivity index (χ4v) is 1.32. The highest BCUT2D eigenvalue weighted by Crippen LogP contribution is 2.27. The lowest BCUT2D eigenvalue weighted by Gasteiger charge is -2.18. The summed E-state index contributed by atoms with van der Waals surface area (Å²) in [5, 5.41) is 18.9. The molecule has 1 aromatic carbocycles. The zero-order chi connectivity index (χ0) is 13.2. The van der Waals surface area contributed by atoms with Crippen LogP contribution in [0.2, 0.25) is 0 Å². The predicted molar refractivity (Wildman–Crippen MR) is 53.8 cm³/mol. The van der Waals surface area contributed by atoms with E-state index in [9.17, 15) is 23.8 Å². The number of benzene rings is 1. The largest absolute Gasteiger partial charge is 0.467 e. The third-order valence-corrected chi connectivity index (χ3v) is 2.16. The van der Waals surface area contributed by atoms with Gasteiger partial charge in [0, 0.05) is 17.3 Å². The number of aliphatic hydroxyl groups excluding tert-OH is 2. The van der Waals surface area contributed by atoms with Gasteiger partial charge in [0.15, 0.2) is 6.10 Å². The summed E-state index contributed by atoms with van der Waals surface area (Å²) in [7, 11) is 0.989. The van der Waals surface area contributed by atoms with Crippen molar-refractivity contribution in [3.63, 3.8) is 0 Å². The standard InChI is InChI=1S/C10H11F2NO4/c1-17-10(16)9(15)8(14)7-5(12)2-4(11)3-6(7)13/h2-3,8-9,14-15H,13H2,1H3. The molecule has 0 radical (unpaired) electrons. The summed E-state index contributed by atoms with van der Waals surface area (Å²) in [4.78, 5) is 10.9. The van der Waals surface area contributed by atoms with Crippen LogP contribution >= 0.6 is 0 Å². The van der Waals surface area contributed by atoms with Crippen molar-refractivity contribution in [1.29, 1.82) is 0 Å². The van der Waals surface area contributed by atoms with E-state index in [2.05, 4.69) is 4.74 Å². The van der Waals surface area contributed by atoms with Crippen molar-refractivity contribution in [3.05, 3.63) is 29.3 Å². The molecule has 0 bridgehead atoms. The van der Waals surface area contributed by atoms with Crippen LogP contribution < -0.4 is 5.73 Å². The highest BCUT2D eigenvalue weighted by molar-refractivity contribution is 5.75. The van der Waals surface area contributed by atoms with Crippen LogP contribution in [0.15, 0.2) is 12.1 Å². The molecule has 0 spiro atoms. The van der Waals surface area contributed by atoms with Gasteiger partial charge >= 0.3 is 5.97 Å². The van der Waals surface area contributed by atoms with Crippen LogP contribution in [-0.2, 0) is 9.53 Å². The van der Waals surface area contributed by atoms with Gasteiger partial charge in [0.1, 0.15) is 17.7 Å². The van der Waals surface area contributed by atoms with E-state index < -0.39 is 41.1 Å². The smallest absolute Gasteiger partial charge is 0.337 e. The van der Waals surface area contributed by atoms with Gasteiger partial charge in [-0.05, 0) is 6.07 Å². The second kappa shape index (κ2) is 5.07. The number of nitrogen functional groups attached to an aromatic ring is 1. The molecule has 7 heteroatoms. The molecule has 1 rings (SSSR count). The number of hydrogen-bond acceptors (Lipinski definition) is 5. The van der Waals surface area contributed by atoms with Crippen molar-refractivity contribution >= 4 is 11.7 Å². The molecule has 0 amide bonds. The SMILES string of the molecule is COC(=O)C(O)C(O)c1c(N)cc(F)cc1F. The number of carbonyl (C=O) groups excluding carboxylic acids is 1. The van der Waals surface area contributed by atoms with Crippen molar-refractivity contribution in [3.8, 4) is 0 Å². The van der Waals surface area contributed by atoms with Crippen molar-refractivity contribution in [1.82, 2.24) is 0 Å². The van der Waals surface area contributed by atoms with E-state index >= 15 is 0 Å². The highest BCUT2D eigenvalue weighted by Gasteiger charge is 2.30. The third kappa shape index (κ3) is 2.69. The number of halogens is 2. The summed E-state index contributed by atoms with van der Waals surface area (Å²) in [5.41, 5.74) is 4.34. The van der Waals surface area contributed by atoms with Crippen LogP contribution in [0.3, 0.4) is 0 Å². The first-order chi connectivity index (χ1) is 7.88. The summed E-state index contributed by atoms with van der Waals surface area (Å²) < 4.78 is 30.3. The van der Waals surface area contributed by atoms with Gasteiger partial charge < -0.3 is 20.7 Å². The fourth-order valence-electron chi connectivity index (χ4n) is 1.32. The molecule has 0 heterocycles. The van der Waals surface area contributed by atoms with Crippen molar-refractivity contribution in [2.75, 3.05) is 12.8 Å². The molecule has 0 aliphatic rings. The summed E-state index contributed by atoms with van der Waals surface area (Å²) in [5.74, 6) is -3.23. The zero-order valence-corrected chi connectivity index (χ0v) is 8.85. The lowest BCUT2D eigenvalue weighted by molar-refractivity contribution is -0.156. The Morgan fingerprint density at radius 2 is 2.00 bits per heavy atom. The van der Waals surface area contributed by atoms with E-state index in [1.165, 1.54) is 0 Å². The van der Waals surface area contributed by atoms with E-state index in [-0.39, 0.29) is 0 Å². The zero-order valence-electron chi connectivity index (χ0n) is 8.85. The molecule has 0 aliphatic heterocycles. The van der Waals surface area contributed by atoms with E-state index in [0.29, 0.717) is 6.07 Å². The van der Waals surface area contributed by atoms with Gasteiger partial charge in [-0.15, -0.1) is 0 Å². The minimum Gasteiger partial charge on any atom is -0.467 e. The first-order valence-corrected chi connectivity index (χ1v) is 4.56. The number of anilines is 1. The number of methoxy groups -OCH3 is 1. The average Bonchev–Trinajstić information content (AvgIpc) is 2.25. The maximum absolute atomic E-state index is 13.3. The number of rotatable bonds is 3. The molecule has 0 saturated heterocycles. The maximum atomic E-state index is 13.3. The summed E-state index contributed by atoms with van der Waals surface area (Å²) >= 11 is 0.